The highest BCUT2D eigenvalue weighted by Gasteiger charge is 2.29. The first-order valence-electron chi connectivity index (χ1n) is 7.48. The van der Waals surface area contributed by atoms with Gasteiger partial charge < -0.3 is 25.1 Å². The first-order chi connectivity index (χ1) is 12.0. The maximum absolute atomic E-state index is 12.0. The summed E-state index contributed by atoms with van der Waals surface area (Å²) < 4.78 is 15.1. The van der Waals surface area contributed by atoms with Crippen molar-refractivity contribution in [3.8, 4) is 11.5 Å². The van der Waals surface area contributed by atoms with E-state index in [2.05, 4.69) is 14.8 Å². The number of Topliss-reactive ketones (excluding diaryl/α,β-unsaturated/α-hetero) is 1. The van der Waals surface area contributed by atoms with Crippen molar-refractivity contribution >= 4 is 23.4 Å². The topological polar surface area (TPSA) is 127 Å². The van der Waals surface area contributed by atoms with Gasteiger partial charge in [0.25, 0.3) is 5.78 Å². The highest BCUT2D eigenvalue weighted by Crippen LogP contribution is 2.25. The quantitative estimate of drug-likeness (QED) is 0.214. The largest absolute Gasteiger partial charge is 0.493 e. The van der Waals surface area contributed by atoms with Crippen LogP contribution in [0, 0.1) is 0 Å². The molecule has 0 saturated heterocycles. The van der Waals surface area contributed by atoms with Gasteiger partial charge in [0, 0.05) is 0 Å². The zero-order valence-electron chi connectivity index (χ0n) is 14.0. The molecular formula is C16H19N3O6. The number of hydrogen-bond donors (Lipinski definition) is 1. The van der Waals surface area contributed by atoms with Crippen LogP contribution >= 0.6 is 0 Å². The molecule has 0 bridgehead atoms. The Morgan fingerprint density at radius 2 is 1.88 bits per heavy atom. The van der Waals surface area contributed by atoms with E-state index in [1.165, 1.54) is 7.11 Å². The number of benzene rings is 1. The van der Waals surface area contributed by atoms with E-state index in [9.17, 15) is 14.4 Å². The molecule has 0 atom stereocenters. The van der Waals surface area contributed by atoms with Crippen molar-refractivity contribution in [3.05, 3.63) is 29.8 Å². The Morgan fingerprint density at radius 1 is 1.20 bits per heavy atom. The Labute approximate surface area is 144 Å². The molecule has 1 rings (SSSR count). The Kier molecular flexibility index (Phi) is 8.39. The maximum Gasteiger partial charge on any atom is 0.421 e. The molecule has 0 aliphatic carbocycles. The minimum atomic E-state index is -0.974. The molecule has 0 radical (unpaired) electrons. The van der Waals surface area contributed by atoms with Crippen LogP contribution < -0.4 is 14.8 Å². The standard InChI is InChI=1S/C16H19N3O6/c1-3-24-14(21)10-18-16(22)15(19-17)11(20)8-9-25-13-7-5-4-6-12(13)23-2/h4-7H,3,8-10H2,1-2H3,(H,18,22). The zero-order chi connectivity index (χ0) is 18.7. The second-order valence-electron chi connectivity index (χ2n) is 4.61. The summed E-state index contributed by atoms with van der Waals surface area (Å²) in [5.41, 5.74) is 8.15. The van der Waals surface area contributed by atoms with Crippen LogP contribution in [-0.2, 0) is 19.1 Å². The average molecular weight is 349 g/mol. The molecule has 1 amide bonds. The van der Waals surface area contributed by atoms with E-state index in [4.69, 9.17) is 15.0 Å². The summed E-state index contributed by atoms with van der Waals surface area (Å²) >= 11 is 0. The fraction of sp³-hybridized carbons (Fsp3) is 0.375. The summed E-state index contributed by atoms with van der Waals surface area (Å²) in [5.74, 6) is -1.44. The number of carbonyl (C=O) groups is 3. The third-order valence-corrected chi connectivity index (χ3v) is 2.93. The number of methoxy groups -OCH3 is 1. The second kappa shape index (κ2) is 10.6. The molecule has 0 aliphatic rings. The molecule has 0 heterocycles. The molecule has 0 unspecified atom stereocenters. The molecule has 9 heteroatoms. The number of nitrogens with zero attached hydrogens (tertiary/aromatic N) is 2. The van der Waals surface area contributed by atoms with Crippen LogP contribution in [-0.4, -0.2) is 55.0 Å². The van der Waals surface area contributed by atoms with Gasteiger partial charge in [0.2, 0.25) is 0 Å². The number of nitrogens with one attached hydrogen (secondary N) is 1. The minimum Gasteiger partial charge on any atom is -0.493 e. The van der Waals surface area contributed by atoms with Crippen LogP contribution in [0.4, 0.5) is 0 Å². The van der Waals surface area contributed by atoms with Gasteiger partial charge in [-0.3, -0.25) is 14.4 Å². The Morgan fingerprint density at radius 3 is 2.48 bits per heavy atom. The van der Waals surface area contributed by atoms with E-state index in [0.29, 0.717) is 11.5 Å². The molecular weight excluding hydrogens is 330 g/mol. The van der Waals surface area contributed by atoms with Crippen LogP contribution in [0.25, 0.3) is 5.53 Å². The van der Waals surface area contributed by atoms with Crippen molar-refractivity contribution in [1.82, 2.24) is 5.32 Å². The lowest BCUT2D eigenvalue weighted by atomic mass is 10.2. The number of para-hydroxylation sites is 2. The molecule has 134 valence electrons. The lowest BCUT2D eigenvalue weighted by Crippen LogP contribution is -2.40. The highest BCUT2D eigenvalue weighted by molar-refractivity contribution is 6.63. The molecule has 0 spiro atoms. The summed E-state index contributed by atoms with van der Waals surface area (Å²) in [7, 11) is 1.48. The average Bonchev–Trinajstić information content (AvgIpc) is 2.61. The molecule has 1 aromatic carbocycles. The van der Waals surface area contributed by atoms with Gasteiger partial charge in [-0.25, -0.2) is 0 Å². The smallest absolute Gasteiger partial charge is 0.421 e. The number of hydrogen-bond acceptors (Lipinski definition) is 6. The van der Waals surface area contributed by atoms with Crippen molar-refractivity contribution < 1.29 is 33.4 Å². The summed E-state index contributed by atoms with van der Waals surface area (Å²) in [6, 6.07) is 6.86. The zero-order valence-corrected chi connectivity index (χ0v) is 14.0. The van der Waals surface area contributed by atoms with E-state index in [0.717, 1.165) is 0 Å². The minimum absolute atomic E-state index is 0.0522. The van der Waals surface area contributed by atoms with Crippen molar-refractivity contribution in [3.63, 3.8) is 0 Å². The van der Waals surface area contributed by atoms with Crippen LogP contribution in [0.3, 0.4) is 0 Å². The van der Waals surface area contributed by atoms with E-state index >= 15 is 0 Å². The summed E-state index contributed by atoms with van der Waals surface area (Å²) in [6.45, 7) is 1.29. The molecule has 1 N–H and O–H groups in total. The van der Waals surface area contributed by atoms with Crippen molar-refractivity contribution in [1.29, 1.82) is 0 Å². The Bertz CT molecular complexity index is 682. The number of ether oxygens (including phenoxy) is 3. The normalized spacial score (nSPS) is 9.52. The van der Waals surface area contributed by atoms with Crippen molar-refractivity contribution in [2.45, 2.75) is 13.3 Å². The van der Waals surface area contributed by atoms with Crippen molar-refractivity contribution in [2.75, 3.05) is 26.9 Å². The maximum atomic E-state index is 12.0. The second-order valence-corrected chi connectivity index (χ2v) is 4.61. The van der Waals surface area contributed by atoms with Crippen LogP contribution in [0.1, 0.15) is 13.3 Å². The van der Waals surface area contributed by atoms with Gasteiger partial charge in [0.05, 0.1) is 26.7 Å². The van der Waals surface area contributed by atoms with Crippen LogP contribution in [0.5, 0.6) is 11.5 Å². The van der Waals surface area contributed by atoms with Gasteiger partial charge in [0.15, 0.2) is 11.5 Å². The molecule has 0 saturated carbocycles. The van der Waals surface area contributed by atoms with Crippen molar-refractivity contribution in [2.24, 2.45) is 0 Å². The lowest BCUT2D eigenvalue weighted by molar-refractivity contribution is -0.143. The van der Waals surface area contributed by atoms with Gasteiger partial charge in [-0.15, -0.1) is 0 Å². The van der Waals surface area contributed by atoms with Gasteiger partial charge in [-0.2, -0.15) is 4.79 Å². The van der Waals surface area contributed by atoms with Gasteiger partial charge in [-0.05, 0) is 19.1 Å². The molecule has 0 aliphatic heterocycles. The number of amides is 1. The van der Waals surface area contributed by atoms with Crippen LogP contribution in [0.2, 0.25) is 0 Å². The molecule has 1 aromatic rings. The monoisotopic (exact) mass is 349 g/mol. The third kappa shape index (κ3) is 6.44. The van der Waals surface area contributed by atoms with E-state index in [1.54, 1.807) is 31.2 Å². The summed E-state index contributed by atoms with van der Waals surface area (Å²) in [4.78, 5) is 37.6. The lowest BCUT2D eigenvalue weighted by Gasteiger charge is -2.09. The predicted molar refractivity (Wildman–Crippen MR) is 86.4 cm³/mol. The number of carbonyl (C=O) groups excluding carboxylic acids is 3. The molecule has 0 aromatic heterocycles. The van der Waals surface area contributed by atoms with E-state index in [-0.39, 0.29) is 19.6 Å². The van der Waals surface area contributed by atoms with E-state index < -0.39 is 29.9 Å². The first-order valence-corrected chi connectivity index (χ1v) is 7.48. The predicted octanol–water partition coefficient (Wildman–Crippen LogP) is 0.383. The Balaban J connectivity index is 2.52. The highest BCUT2D eigenvalue weighted by atomic mass is 16.5. The molecule has 25 heavy (non-hydrogen) atoms. The SMILES string of the molecule is CCOC(=O)CNC(=O)C(=[N+]=[N-])C(=O)CCOc1ccccc1OC. The molecule has 9 nitrogen and oxygen atoms in total. The number of ketones is 1. The van der Waals surface area contributed by atoms with Crippen LogP contribution in [0.15, 0.2) is 24.3 Å². The fourth-order valence-electron chi connectivity index (χ4n) is 1.79. The van der Waals surface area contributed by atoms with E-state index in [1.807, 2.05) is 0 Å². The Hall–Kier alpha value is -3.19. The summed E-state index contributed by atoms with van der Waals surface area (Å²) in [6.07, 6.45) is -0.204. The van der Waals surface area contributed by atoms with Gasteiger partial charge in [-0.1, -0.05) is 12.1 Å². The number of esters is 1. The first kappa shape index (κ1) is 19.9. The number of rotatable bonds is 10. The third-order valence-electron chi connectivity index (χ3n) is 2.93. The fourth-order valence-corrected chi connectivity index (χ4v) is 1.79. The van der Waals surface area contributed by atoms with Gasteiger partial charge >= 0.3 is 17.6 Å². The van der Waals surface area contributed by atoms with Gasteiger partial charge in [0.1, 0.15) is 6.54 Å². The molecule has 0 fully saturated rings. The summed E-state index contributed by atoms with van der Waals surface area (Å²) in [5, 5.41) is 2.14.